The number of carbonyl (C=O) groups excluding carboxylic acids is 1. The molecule has 0 heterocycles. The molecule has 1 amide bonds. The Hall–Kier alpha value is -2.11. The Labute approximate surface area is 86.2 Å². The van der Waals surface area contributed by atoms with E-state index >= 15 is 0 Å². The van der Waals surface area contributed by atoms with Gasteiger partial charge in [-0.1, -0.05) is 0 Å². The van der Waals surface area contributed by atoms with E-state index < -0.39 is 4.92 Å². The second-order valence-electron chi connectivity index (χ2n) is 3.05. The van der Waals surface area contributed by atoms with Crippen molar-refractivity contribution in [3.05, 3.63) is 33.9 Å². The van der Waals surface area contributed by atoms with Gasteiger partial charge < -0.3 is 11.1 Å². The molecule has 0 aromatic heterocycles. The number of benzene rings is 1. The molecule has 1 aromatic carbocycles. The SMILES string of the molecule is CC(=O)NCc1cc([N+](=O)[O-])ccc1N. The van der Waals surface area contributed by atoms with Crippen LogP contribution in [0.15, 0.2) is 18.2 Å². The second kappa shape index (κ2) is 4.41. The molecule has 6 heteroatoms. The highest BCUT2D eigenvalue weighted by molar-refractivity contribution is 5.73. The summed E-state index contributed by atoms with van der Waals surface area (Å²) in [6.07, 6.45) is 0. The predicted molar refractivity (Wildman–Crippen MR) is 55.0 cm³/mol. The van der Waals surface area contributed by atoms with Gasteiger partial charge in [-0.2, -0.15) is 0 Å². The zero-order chi connectivity index (χ0) is 11.4. The van der Waals surface area contributed by atoms with Crippen LogP contribution < -0.4 is 11.1 Å². The van der Waals surface area contributed by atoms with Gasteiger partial charge in [0.2, 0.25) is 5.91 Å². The Morgan fingerprint density at radius 1 is 1.60 bits per heavy atom. The lowest BCUT2D eigenvalue weighted by Crippen LogP contribution is -2.19. The quantitative estimate of drug-likeness (QED) is 0.437. The van der Waals surface area contributed by atoms with Gasteiger partial charge in [-0.15, -0.1) is 0 Å². The van der Waals surface area contributed by atoms with E-state index in [0.29, 0.717) is 11.3 Å². The summed E-state index contributed by atoms with van der Waals surface area (Å²) in [5.74, 6) is -0.207. The summed E-state index contributed by atoms with van der Waals surface area (Å²) in [7, 11) is 0. The number of nitrogens with zero attached hydrogens (tertiary/aromatic N) is 1. The van der Waals surface area contributed by atoms with Crippen molar-refractivity contribution in [1.29, 1.82) is 0 Å². The van der Waals surface area contributed by atoms with E-state index in [4.69, 9.17) is 5.73 Å². The lowest BCUT2D eigenvalue weighted by atomic mass is 10.1. The summed E-state index contributed by atoms with van der Waals surface area (Å²) in [5, 5.41) is 13.0. The van der Waals surface area contributed by atoms with Gasteiger partial charge in [0, 0.05) is 36.9 Å². The van der Waals surface area contributed by atoms with Crippen molar-refractivity contribution in [2.75, 3.05) is 5.73 Å². The molecule has 0 unspecified atom stereocenters. The summed E-state index contributed by atoms with van der Waals surface area (Å²) in [4.78, 5) is 20.6. The lowest BCUT2D eigenvalue weighted by Gasteiger charge is -2.05. The highest BCUT2D eigenvalue weighted by Gasteiger charge is 2.08. The average Bonchev–Trinajstić information content (AvgIpc) is 2.16. The molecule has 0 fully saturated rings. The Morgan fingerprint density at radius 3 is 2.80 bits per heavy atom. The highest BCUT2D eigenvalue weighted by atomic mass is 16.6. The van der Waals surface area contributed by atoms with Crippen molar-refractivity contribution in [1.82, 2.24) is 5.32 Å². The number of nitrogen functional groups attached to an aromatic ring is 1. The molecule has 6 nitrogen and oxygen atoms in total. The molecule has 0 atom stereocenters. The van der Waals surface area contributed by atoms with Crippen LogP contribution in [0, 0.1) is 10.1 Å². The van der Waals surface area contributed by atoms with Crippen LogP contribution in [-0.4, -0.2) is 10.8 Å². The number of hydrogen-bond acceptors (Lipinski definition) is 4. The van der Waals surface area contributed by atoms with Gasteiger partial charge in [0.05, 0.1) is 4.92 Å². The summed E-state index contributed by atoms with van der Waals surface area (Å²) in [6.45, 7) is 1.57. The number of hydrogen-bond donors (Lipinski definition) is 2. The van der Waals surface area contributed by atoms with Gasteiger partial charge in [-0.05, 0) is 6.07 Å². The smallest absolute Gasteiger partial charge is 0.269 e. The number of carbonyl (C=O) groups is 1. The van der Waals surface area contributed by atoms with Crippen molar-refractivity contribution >= 4 is 17.3 Å². The fourth-order valence-corrected chi connectivity index (χ4v) is 1.08. The molecule has 0 spiro atoms. The largest absolute Gasteiger partial charge is 0.398 e. The van der Waals surface area contributed by atoms with Crippen LogP contribution in [0.25, 0.3) is 0 Å². The van der Waals surface area contributed by atoms with Gasteiger partial charge in [0.15, 0.2) is 0 Å². The van der Waals surface area contributed by atoms with Crippen molar-refractivity contribution in [3.63, 3.8) is 0 Å². The number of nitro benzene ring substituents is 1. The normalized spacial score (nSPS) is 9.67. The first-order valence-electron chi connectivity index (χ1n) is 4.28. The van der Waals surface area contributed by atoms with E-state index in [-0.39, 0.29) is 18.1 Å². The van der Waals surface area contributed by atoms with E-state index in [9.17, 15) is 14.9 Å². The number of non-ortho nitro benzene ring substituents is 1. The van der Waals surface area contributed by atoms with Crippen LogP contribution in [0.2, 0.25) is 0 Å². The van der Waals surface area contributed by atoms with Crippen molar-refractivity contribution < 1.29 is 9.72 Å². The van der Waals surface area contributed by atoms with Crippen LogP contribution in [0.1, 0.15) is 12.5 Å². The number of nitrogens with one attached hydrogen (secondary N) is 1. The number of nitrogens with two attached hydrogens (primary N) is 1. The summed E-state index contributed by atoms with van der Waals surface area (Å²) >= 11 is 0. The Morgan fingerprint density at radius 2 is 2.27 bits per heavy atom. The Bertz CT molecular complexity index is 404. The monoisotopic (exact) mass is 209 g/mol. The molecule has 80 valence electrons. The van der Waals surface area contributed by atoms with Gasteiger partial charge in [-0.25, -0.2) is 0 Å². The molecule has 0 aliphatic heterocycles. The van der Waals surface area contributed by atoms with E-state index in [0.717, 1.165) is 0 Å². The zero-order valence-electron chi connectivity index (χ0n) is 8.19. The Kier molecular flexibility index (Phi) is 3.22. The predicted octanol–water partition coefficient (Wildman–Crippen LogP) is 0.813. The van der Waals surface area contributed by atoms with E-state index in [1.165, 1.54) is 25.1 Å². The third-order valence-corrected chi connectivity index (χ3v) is 1.87. The maximum atomic E-state index is 10.7. The van der Waals surface area contributed by atoms with Crippen LogP contribution in [0.3, 0.4) is 0 Å². The fraction of sp³-hybridized carbons (Fsp3) is 0.222. The zero-order valence-corrected chi connectivity index (χ0v) is 8.19. The van der Waals surface area contributed by atoms with Crippen LogP contribution in [-0.2, 0) is 11.3 Å². The number of anilines is 1. The first kappa shape index (κ1) is 11.0. The third kappa shape index (κ3) is 2.94. The first-order valence-corrected chi connectivity index (χ1v) is 4.28. The highest BCUT2D eigenvalue weighted by Crippen LogP contribution is 2.19. The minimum Gasteiger partial charge on any atom is -0.398 e. The molecule has 0 bridgehead atoms. The van der Waals surface area contributed by atoms with Crippen molar-refractivity contribution in [2.24, 2.45) is 0 Å². The molecular formula is C9H11N3O3. The minimum absolute atomic E-state index is 0.0375. The molecule has 1 rings (SSSR count). The number of amides is 1. The fourth-order valence-electron chi connectivity index (χ4n) is 1.08. The van der Waals surface area contributed by atoms with Crippen LogP contribution >= 0.6 is 0 Å². The van der Waals surface area contributed by atoms with Gasteiger partial charge in [-0.3, -0.25) is 14.9 Å². The summed E-state index contributed by atoms with van der Waals surface area (Å²) in [6, 6.07) is 4.13. The minimum atomic E-state index is -0.503. The van der Waals surface area contributed by atoms with Crippen molar-refractivity contribution in [2.45, 2.75) is 13.5 Å². The topological polar surface area (TPSA) is 98.3 Å². The maximum Gasteiger partial charge on any atom is 0.269 e. The molecule has 0 saturated carbocycles. The first-order chi connectivity index (χ1) is 7.00. The molecule has 1 aromatic rings. The van der Waals surface area contributed by atoms with E-state index in [2.05, 4.69) is 5.32 Å². The molecule has 0 radical (unpaired) electrons. The summed E-state index contributed by atoms with van der Waals surface area (Å²) in [5.41, 5.74) is 6.53. The van der Waals surface area contributed by atoms with Crippen molar-refractivity contribution in [3.8, 4) is 0 Å². The molecule has 0 aliphatic carbocycles. The number of nitro groups is 1. The van der Waals surface area contributed by atoms with Gasteiger partial charge in [0.1, 0.15) is 0 Å². The average molecular weight is 209 g/mol. The van der Waals surface area contributed by atoms with E-state index in [1.807, 2.05) is 0 Å². The van der Waals surface area contributed by atoms with Crippen LogP contribution in [0.5, 0.6) is 0 Å². The maximum absolute atomic E-state index is 10.7. The van der Waals surface area contributed by atoms with Gasteiger partial charge in [0.25, 0.3) is 5.69 Å². The standard InChI is InChI=1S/C9H11N3O3/c1-6(13)11-5-7-4-8(12(14)15)2-3-9(7)10/h2-4H,5,10H2,1H3,(H,11,13). The molecule has 0 aliphatic rings. The van der Waals surface area contributed by atoms with Crippen LogP contribution in [0.4, 0.5) is 11.4 Å². The summed E-state index contributed by atoms with van der Waals surface area (Å²) < 4.78 is 0. The van der Waals surface area contributed by atoms with Gasteiger partial charge >= 0.3 is 0 Å². The van der Waals surface area contributed by atoms with E-state index in [1.54, 1.807) is 0 Å². The number of rotatable bonds is 3. The molecule has 15 heavy (non-hydrogen) atoms. The molecular weight excluding hydrogens is 198 g/mol. The lowest BCUT2D eigenvalue weighted by molar-refractivity contribution is -0.384. The molecule has 0 saturated heterocycles. The Balaban J connectivity index is 2.90. The second-order valence-corrected chi connectivity index (χ2v) is 3.05. The third-order valence-electron chi connectivity index (χ3n) is 1.87. The molecule has 3 N–H and O–H groups in total.